The average Bonchev–Trinajstić information content (AvgIpc) is 3.04. The van der Waals surface area contributed by atoms with Crippen LogP contribution in [0.3, 0.4) is 0 Å². The van der Waals surface area contributed by atoms with Crippen LogP contribution in [0.1, 0.15) is 11.1 Å². The van der Waals surface area contributed by atoms with Gasteiger partial charge >= 0.3 is 6.18 Å². The number of alkyl halides is 3. The number of aromatic nitrogens is 3. The van der Waals surface area contributed by atoms with Gasteiger partial charge in [0.1, 0.15) is 5.82 Å². The number of H-pyrrole nitrogens is 1. The van der Waals surface area contributed by atoms with Crippen molar-refractivity contribution in [3.05, 3.63) is 70.9 Å². The van der Waals surface area contributed by atoms with Crippen molar-refractivity contribution in [2.24, 2.45) is 0 Å². The van der Waals surface area contributed by atoms with E-state index in [0.717, 1.165) is 28.8 Å². The zero-order valence-electron chi connectivity index (χ0n) is 14.1. The maximum Gasteiger partial charge on any atom is 0.416 e. The van der Waals surface area contributed by atoms with E-state index in [1.54, 1.807) is 6.20 Å². The number of rotatable bonds is 2. The van der Waals surface area contributed by atoms with Crippen LogP contribution in [0.2, 0.25) is 5.02 Å². The highest BCUT2D eigenvalue weighted by molar-refractivity contribution is 6.33. The molecule has 0 atom stereocenters. The summed E-state index contributed by atoms with van der Waals surface area (Å²) in [4.78, 5) is 11.7. The third-order valence-electron chi connectivity index (χ3n) is 4.22. The third kappa shape index (κ3) is 3.40. The van der Waals surface area contributed by atoms with Crippen molar-refractivity contribution < 1.29 is 13.2 Å². The lowest BCUT2D eigenvalue weighted by Gasteiger charge is -2.05. The molecule has 0 unspecified atom stereocenters. The maximum atomic E-state index is 12.9. The molecule has 0 radical (unpaired) electrons. The molecule has 0 bridgehead atoms. The van der Waals surface area contributed by atoms with Crippen molar-refractivity contribution in [3.63, 3.8) is 0 Å². The van der Waals surface area contributed by atoms with Gasteiger partial charge in [-0.2, -0.15) is 13.2 Å². The first kappa shape index (κ1) is 17.5. The Labute approximate surface area is 157 Å². The van der Waals surface area contributed by atoms with E-state index in [1.807, 2.05) is 37.3 Å². The van der Waals surface area contributed by atoms with Gasteiger partial charge in [0, 0.05) is 17.3 Å². The molecule has 2 aromatic heterocycles. The summed E-state index contributed by atoms with van der Waals surface area (Å²) >= 11 is 6.25. The van der Waals surface area contributed by atoms with E-state index in [9.17, 15) is 13.2 Å². The first-order valence-corrected chi connectivity index (χ1v) is 8.49. The Morgan fingerprint density at radius 1 is 0.963 bits per heavy atom. The Bertz CT molecular complexity index is 1130. The highest BCUT2D eigenvalue weighted by Crippen LogP contribution is 2.32. The minimum atomic E-state index is -4.39. The number of nitrogens with zero attached hydrogens (tertiary/aromatic N) is 2. The van der Waals surface area contributed by atoms with Gasteiger partial charge in [-0.05, 0) is 36.8 Å². The zero-order chi connectivity index (χ0) is 19.2. The molecule has 4 aromatic rings. The van der Waals surface area contributed by atoms with Crippen molar-refractivity contribution in [2.75, 3.05) is 0 Å². The highest BCUT2D eigenvalue weighted by Gasteiger charge is 2.30. The highest BCUT2D eigenvalue weighted by atomic mass is 35.5. The standard InChI is InChI=1S/C20H13ClF3N3/c1-11-8-15(21)18(25-10-11)12-2-4-13(5-3-12)19-26-16-7-6-14(20(22,23)24)9-17(16)27-19/h2-10H,1H3,(H,26,27). The van der Waals surface area contributed by atoms with E-state index < -0.39 is 11.7 Å². The molecular weight excluding hydrogens is 375 g/mol. The monoisotopic (exact) mass is 387 g/mol. The van der Waals surface area contributed by atoms with E-state index in [0.29, 0.717) is 27.6 Å². The van der Waals surface area contributed by atoms with Crippen LogP contribution in [0, 0.1) is 6.92 Å². The molecule has 0 aliphatic carbocycles. The fourth-order valence-corrected chi connectivity index (χ4v) is 3.18. The van der Waals surface area contributed by atoms with Gasteiger partial charge in [-0.25, -0.2) is 4.98 Å². The summed E-state index contributed by atoms with van der Waals surface area (Å²) in [7, 11) is 0. The molecule has 136 valence electrons. The van der Waals surface area contributed by atoms with Gasteiger partial charge < -0.3 is 4.98 Å². The summed E-state index contributed by atoms with van der Waals surface area (Å²) in [6, 6.07) is 12.7. The molecule has 27 heavy (non-hydrogen) atoms. The SMILES string of the molecule is Cc1cnc(-c2ccc(-c3nc4ccc(C(F)(F)F)cc4[nH]3)cc2)c(Cl)c1. The Kier molecular flexibility index (Phi) is 4.15. The number of benzene rings is 2. The molecule has 4 rings (SSSR count). The van der Waals surface area contributed by atoms with Gasteiger partial charge in [0.25, 0.3) is 0 Å². The van der Waals surface area contributed by atoms with Crippen LogP contribution < -0.4 is 0 Å². The summed E-state index contributed by atoms with van der Waals surface area (Å²) in [6.45, 7) is 1.91. The van der Waals surface area contributed by atoms with Gasteiger partial charge in [-0.3, -0.25) is 4.98 Å². The number of hydrogen-bond donors (Lipinski definition) is 1. The predicted molar refractivity (Wildman–Crippen MR) is 99.5 cm³/mol. The molecule has 3 nitrogen and oxygen atoms in total. The van der Waals surface area contributed by atoms with Crippen LogP contribution >= 0.6 is 11.6 Å². The van der Waals surface area contributed by atoms with E-state index in [2.05, 4.69) is 15.0 Å². The summed E-state index contributed by atoms with van der Waals surface area (Å²) in [5.41, 5.74) is 3.36. The first-order chi connectivity index (χ1) is 12.8. The topological polar surface area (TPSA) is 41.6 Å². The van der Waals surface area contributed by atoms with Gasteiger partial charge in [0.05, 0.1) is 27.3 Å². The molecule has 2 aromatic carbocycles. The van der Waals surface area contributed by atoms with Crippen molar-refractivity contribution >= 4 is 22.6 Å². The molecule has 2 heterocycles. The molecular formula is C20H13ClF3N3. The number of aryl methyl sites for hydroxylation is 1. The Morgan fingerprint density at radius 2 is 1.67 bits per heavy atom. The number of halogens is 4. The van der Waals surface area contributed by atoms with Crippen LogP contribution in [0.25, 0.3) is 33.7 Å². The van der Waals surface area contributed by atoms with Gasteiger partial charge in [0.15, 0.2) is 0 Å². The largest absolute Gasteiger partial charge is 0.416 e. The van der Waals surface area contributed by atoms with Crippen LogP contribution in [0.15, 0.2) is 54.7 Å². The first-order valence-electron chi connectivity index (χ1n) is 8.11. The molecule has 0 aliphatic heterocycles. The van der Waals surface area contributed by atoms with Crippen molar-refractivity contribution in [3.8, 4) is 22.6 Å². The van der Waals surface area contributed by atoms with Crippen LogP contribution in [-0.2, 0) is 6.18 Å². The van der Waals surface area contributed by atoms with Crippen molar-refractivity contribution in [2.45, 2.75) is 13.1 Å². The second kappa shape index (κ2) is 6.39. The minimum Gasteiger partial charge on any atom is -0.338 e. The van der Waals surface area contributed by atoms with Crippen LogP contribution in [0.5, 0.6) is 0 Å². The lowest BCUT2D eigenvalue weighted by atomic mass is 10.1. The van der Waals surface area contributed by atoms with Gasteiger partial charge in [0.2, 0.25) is 0 Å². The van der Waals surface area contributed by atoms with Gasteiger partial charge in [-0.1, -0.05) is 35.9 Å². The molecule has 0 aliphatic rings. The molecule has 0 spiro atoms. The molecule has 7 heteroatoms. The minimum absolute atomic E-state index is 0.340. The molecule has 0 saturated heterocycles. The number of imidazole rings is 1. The third-order valence-corrected chi connectivity index (χ3v) is 4.51. The predicted octanol–water partition coefficient (Wildman–Crippen LogP) is 6.27. The van der Waals surface area contributed by atoms with E-state index in [1.165, 1.54) is 6.07 Å². The number of fused-ring (bicyclic) bond motifs is 1. The average molecular weight is 388 g/mol. The quantitative estimate of drug-likeness (QED) is 0.440. The number of aromatic amines is 1. The maximum absolute atomic E-state index is 12.9. The van der Waals surface area contributed by atoms with E-state index in [-0.39, 0.29) is 0 Å². The lowest BCUT2D eigenvalue weighted by Crippen LogP contribution is -2.04. The molecule has 0 amide bonds. The smallest absolute Gasteiger partial charge is 0.338 e. The van der Waals surface area contributed by atoms with Crippen molar-refractivity contribution in [1.82, 2.24) is 15.0 Å². The summed E-state index contributed by atoms with van der Waals surface area (Å²) in [6.07, 6.45) is -2.64. The van der Waals surface area contributed by atoms with Crippen LogP contribution in [0.4, 0.5) is 13.2 Å². The second-order valence-corrected chi connectivity index (χ2v) is 6.64. The summed E-state index contributed by atoms with van der Waals surface area (Å²) in [5, 5.41) is 0.561. The zero-order valence-corrected chi connectivity index (χ0v) is 14.9. The number of hydrogen-bond acceptors (Lipinski definition) is 2. The fourth-order valence-electron chi connectivity index (χ4n) is 2.85. The Hall–Kier alpha value is -2.86. The Balaban J connectivity index is 1.69. The lowest BCUT2D eigenvalue weighted by molar-refractivity contribution is -0.137. The number of nitrogens with one attached hydrogen (secondary N) is 1. The molecule has 0 saturated carbocycles. The van der Waals surface area contributed by atoms with Crippen molar-refractivity contribution in [1.29, 1.82) is 0 Å². The molecule has 0 fully saturated rings. The van der Waals surface area contributed by atoms with E-state index in [4.69, 9.17) is 11.6 Å². The number of pyridine rings is 1. The molecule has 1 N–H and O–H groups in total. The van der Waals surface area contributed by atoms with E-state index >= 15 is 0 Å². The fraction of sp³-hybridized carbons (Fsp3) is 0.100. The normalized spacial score (nSPS) is 11.9. The van der Waals surface area contributed by atoms with Gasteiger partial charge in [-0.15, -0.1) is 0 Å². The summed E-state index contributed by atoms with van der Waals surface area (Å²) in [5.74, 6) is 0.499. The van der Waals surface area contributed by atoms with Crippen LogP contribution in [-0.4, -0.2) is 15.0 Å². The Morgan fingerprint density at radius 3 is 2.33 bits per heavy atom. The summed E-state index contributed by atoms with van der Waals surface area (Å²) < 4.78 is 38.6. The second-order valence-electron chi connectivity index (χ2n) is 6.24.